The molecule has 0 fully saturated rings. The van der Waals surface area contributed by atoms with Crippen LogP contribution in [0.4, 0.5) is 0 Å². The number of likely N-dealkylation sites (N-methyl/N-ethyl adjacent to an activating group) is 1. The predicted molar refractivity (Wildman–Crippen MR) is 93.8 cm³/mol. The Labute approximate surface area is 153 Å². The van der Waals surface area contributed by atoms with Crippen molar-refractivity contribution in [2.24, 2.45) is 11.8 Å². The zero-order valence-electron chi connectivity index (χ0n) is 15.9. The van der Waals surface area contributed by atoms with Crippen molar-refractivity contribution in [3.05, 3.63) is 0 Å². The smallest absolute Gasteiger partial charge is 0.272 e. The summed E-state index contributed by atoms with van der Waals surface area (Å²) < 4.78 is 22.5. The average molecular weight is 395 g/mol. The summed E-state index contributed by atoms with van der Waals surface area (Å²) in [4.78, 5) is 36.3. The van der Waals surface area contributed by atoms with Gasteiger partial charge in [-0.15, -0.1) is 0 Å². The van der Waals surface area contributed by atoms with Gasteiger partial charge in [-0.05, 0) is 26.2 Å². The van der Waals surface area contributed by atoms with E-state index >= 15 is 0 Å². The number of amides is 3. The van der Waals surface area contributed by atoms with E-state index in [2.05, 4.69) is 10.6 Å². The second kappa shape index (κ2) is 9.28. The van der Waals surface area contributed by atoms with Gasteiger partial charge in [0.05, 0.1) is 10.7 Å². The maximum absolute atomic E-state index is 12.6. The number of hydrogen-bond acceptors (Lipinski definition) is 7. The number of hydroxylamine groups is 1. The van der Waals surface area contributed by atoms with Crippen molar-refractivity contribution in [3.63, 3.8) is 0 Å². The van der Waals surface area contributed by atoms with Gasteiger partial charge in [-0.3, -0.25) is 19.6 Å². The summed E-state index contributed by atoms with van der Waals surface area (Å²) in [6.45, 7) is 6.08. The molecule has 5 N–H and O–H groups in total. The van der Waals surface area contributed by atoms with E-state index in [1.54, 1.807) is 13.8 Å². The van der Waals surface area contributed by atoms with Crippen LogP contribution in [0.3, 0.4) is 0 Å². The van der Waals surface area contributed by atoms with Crippen molar-refractivity contribution in [2.45, 2.75) is 51.0 Å². The van der Waals surface area contributed by atoms with E-state index in [4.69, 9.17) is 5.21 Å². The molecule has 0 rings (SSSR count). The van der Waals surface area contributed by atoms with Crippen LogP contribution in [0.5, 0.6) is 0 Å². The molecule has 26 heavy (non-hydrogen) atoms. The molecule has 0 aromatic heterocycles. The molecule has 0 saturated heterocycles. The summed E-state index contributed by atoms with van der Waals surface area (Å²) in [5.74, 6) is -4.18. The highest BCUT2D eigenvalue weighted by molar-refractivity contribution is 7.92. The summed E-state index contributed by atoms with van der Waals surface area (Å²) in [5.41, 5.74) is 1.27. The van der Waals surface area contributed by atoms with E-state index < -0.39 is 50.4 Å². The number of nitrogens with one attached hydrogen (secondary N) is 3. The largest absolute Gasteiger partial charge is 0.382 e. The third-order valence-electron chi connectivity index (χ3n) is 4.27. The van der Waals surface area contributed by atoms with Crippen molar-refractivity contribution in [3.8, 4) is 0 Å². The summed E-state index contributed by atoms with van der Waals surface area (Å²) >= 11 is 0. The first-order valence-electron chi connectivity index (χ1n) is 8.04. The lowest BCUT2D eigenvalue weighted by atomic mass is 9.90. The Morgan fingerprint density at radius 2 is 1.58 bits per heavy atom. The number of carbonyl (C=O) groups excluding carboxylic acids is 3. The van der Waals surface area contributed by atoms with Crippen LogP contribution in [-0.4, -0.2) is 66.6 Å². The Bertz CT molecular complexity index is 631. The van der Waals surface area contributed by atoms with Gasteiger partial charge in [0.2, 0.25) is 11.8 Å². The molecule has 3 unspecified atom stereocenters. The Morgan fingerprint density at radius 1 is 1.08 bits per heavy atom. The standard InChI is InChI=1S/C15H29N3O7S/c1-8(2)7-9(10(19)13(21)18-23)12(20)17-11(14(22)16-5)15(3,4)26(6,24)25/h8-11,19,23H,7H2,1-6H3,(H,16,22)(H,17,20)(H,18,21). The minimum Gasteiger partial charge on any atom is -0.382 e. The van der Waals surface area contributed by atoms with E-state index in [0.29, 0.717) is 0 Å². The van der Waals surface area contributed by atoms with Crippen molar-refractivity contribution in [1.82, 2.24) is 16.1 Å². The molecule has 0 radical (unpaired) electrons. The van der Waals surface area contributed by atoms with Crippen LogP contribution < -0.4 is 16.1 Å². The highest BCUT2D eigenvalue weighted by Gasteiger charge is 2.45. The minimum absolute atomic E-state index is 0.0696. The molecule has 10 nitrogen and oxygen atoms in total. The van der Waals surface area contributed by atoms with Crippen LogP contribution in [0.1, 0.15) is 34.1 Å². The first-order valence-corrected chi connectivity index (χ1v) is 9.93. The van der Waals surface area contributed by atoms with Crippen LogP contribution >= 0.6 is 0 Å². The average Bonchev–Trinajstić information content (AvgIpc) is 2.53. The Morgan fingerprint density at radius 3 is 1.92 bits per heavy atom. The number of sulfone groups is 1. The van der Waals surface area contributed by atoms with Gasteiger partial charge in [0.25, 0.3) is 5.91 Å². The van der Waals surface area contributed by atoms with Crippen molar-refractivity contribution in [2.75, 3.05) is 13.3 Å². The van der Waals surface area contributed by atoms with Gasteiger partial charge in [-0.2, -0.15) is 0 Å². The lowest BCUT2D eigenvalue weighted by molar-refractivity contribution is -0.147. The maximum atomic E-state index is 12.6. The number of aliphatic hydroxyl groups is 1. The van der Waals surface area contributed by atoms with Gasteiger partial charge < -0.3 is 15.7 Å². The summed E-state index contributed by atoms with van der Waals surface area (Å²) in [7, 11) is -2.46. The molecule has 0 heterocycles. The normalized spacial score (nSPS) is 15.7. The van der Waals surface area contributed by atoms with Crippen molar-refractivity contribution >= 4 is 27.6 Å². The van der Waals surface area contributed by atoms with E-state index in [0.717, 1.165) is 6.26 Å². The van der Waals surface area contributed by atoms with E-state index in [9.17, 15) is 27.9 Å². The van der Waals surface area contributed by atoms with Crippen molar-refractivity contribution < 1.29 is 33.1 Å². The third-order valence-corrected chi connectivity index (χ3v) is 6.42. The van der Waals surface area contributed by atoms with E-state index in [1.807, 2.05) is 0 Å². The van der Waals surface area contributed by atoms with Gasteiger partial charge in [0.15, 0.2) is 9.84 Å². The third kappa shape index (κ3) is 5.92. The lowest BCUT2D eigenvalue weighted by Crippen LogP contribution is -2.61. The zero-order valence-corrected chi connectivity index (χ0v) is 16.7. The zero-order chi connectivity index (χ0) is 20.9. The molecule has 0 aliphatic rings. The highest BCUT2D eigenvalue weighted by Crippen LogP contribution is 2.23. The Hall–Kier alpha value is -1.72. The molecule has 0 saturated carbocycles. The van der Waals surface area contributed by atoms with Gasteiger partial charge in [0, 0.05) is 13.3 Å². The van der Waals surface area contributed by atoms with Crippen LogP contribution in [0.25, 0.3) is 0 Å². The molecule has 0 aromatic rings. The second-order valence-electron chi connectivity index (χ2n) is 7.09. The quantitative estimate of drug-likeness (QED) is 0.236. The molecular weight excluding hydrogens is 366 g/mol. The van der Waals surface area contributed by atoms with Gasteiger partial charge in [-0.25, -0.2) is 13.9 Å². The minimum atomic E-state index is -3.75. The molecule has 11 heteroatoms. The topological polar surface area (TPSA) is 162 Å². The molecule has 3 amide bonds. The van der Waals surface area contributed by atoms with Gasteiger partial charge >= 0.3 is 0 Å². The number of hydrogen-bond donors (Lipinski definition) is 5. The summed E-state index contributed by atoms with van der Waals surface area (Å²) in [6, 6.07) is -1.45. The second-order valence-corrected chi connectivity index (χ2v) is 9.68. The summed E-state index contributed by atoms with van der Waals surface area (Å²) in [5, 5.41) is 23.3. The van der Waals surface area contributed by atoms with Crippen LogP contribution in [0.2, 0.25) is 0 Å². The van der Waals surface area contributed by atoms with Gasteiger partial charge in [-0.1, -0.05) is 13.8 Å². The first-order chi connectivity index (χ1) is 11.7. The fourth-order valence-electron chi connectivity index (χ4n) is 2.30. The van der Waals surface area contributed by atoms with Gasteiger partial charge in [0.1, 0.15) is 12.1 Å². The molecule has 0 bridgehead atoms. The molecule has 152 valence electrons. The lowest BCUT2D eigenvalue weighted by Gasteiger charge is -2.33. The Balaban J connectivity index is 5.81. The van der Waals surface area contributed by atoms with Crippen LogP contribution in [0, 0.1) is 11.8 Å². The summed E-state index contributed by atoms with van der Waals surface area (Å²) in [6.07, 6.45) is -0.858. The highest BCUT2D eigenvalue weighted by atomic mass is 32.2. The van der Waals surface area contributed by atoms with E-state index in [-0.39, 0.29) is 12.3 Å². The number of aliphatic hydroxyl groups excluding tert-OH is 1. The predicted octanol–water partition coefficient (Wildman–Crippen LogP) is -1.43. The van der Waals surface area contributed by atoms with Crippen LogP contribution in [-0.2, 0) is 24.2 Å². The number of rotatable bonds is 9. The fraction of sp³-hybridized carbons (Fsp3) is 0.800. The number of carbonyl (C=O) groups is 3. The fourth-order valence-corrected chi connectivity index (χ4v) is 2.89. The van der Waals surface area contributed by atoms with Crippen LogP contribution in [0.15, 0.2) is 0 Å². The molecule has 3 atom stereocenters. The molecular formula is C15H29N3O7S. The van der Waals surface area contributed by atoms with Crippen molar-refractivity contribution in [1.29, 1.82) is 0 Å². The maximum Gasteiger partial charge on any atom is 0.272 e. The monoisotopic (exact) mass is 395 g/mol. The molecule has 0 spiro atoms. The SMILES string of the molecule is CNC(=O)C(NC(=O)C(CC(C)C)C(O)C(=O)NO)C(C)(C)S(C)(=O)=O. The Kier molecular flexibility index (Phi) is 8.67. The van der Waals surface area contributed by atoms with E-state index in [1.165, 1.54) is 26.4 Å². The molecule has 0 aliphatic carbocycles. The first kappa shape index (κ1) is 24.3. The molecule has 0 aromatic carbocycles. The molecule has 0 aliphatic heterocycles.